The minimum absolute atomic E-state index is 0.426. The number of likely N-dealkylation sites (N-methyl/N-ethyl adjacent to an activating group) is 1. The van der Waals surface area contributed by atoms with Crippen molar-refractivity contribution in [3.63, 3.8) is 0 Å². The van der Waals surface area contributed by atoms with Crippen LogP contribution in [-0.2, 0) is 4.74 Å². The molecule has 0 heterocycles. The number of ether oxygens (including phenoxy) is 1. The van der Waals surface area contributed by atoms with E-state index in [0.717, 1.165) is 26.2 Å². The number of nitrogens with one attached hydrogen (secondary N) is 1. The molecule has 0 bridgehead atoms. The van der Waals surface area contributed by atoms with Gasteiger partial charge in [-0.05, 0) is 26.3 Å². The fraction of sp³-hybridized carbons (Fsp3) is 0.917. The van der Waals surface area contributed by atoms with E-state index in [1.807, 2.05) is 6.92 Å². The second-order valence-electron chi connectivity index (χ2n) is 4.72. The van der Waals surface area contributed by atoms with Gasteiger partial charge in [0.15, 0.2) is 0 Å². The summed E-state index contributed by atoms with van der Waals surface area (Å²) in [6, 6.07) is 2.96. The lowest BCUT2D eigenvalue weighted by Crippen LogP contribution is -2.51. The van der Waals surface area contributed by atoms with E-state index >= 15 is 0 Å². The third-order valence-corrected chi connectivity index (χ3v) is 2.95. The molecule has 1 aliphatic carbocycles. The summed E-state index contributed by atoms with van der Waals surface area (Å²) < 4.78 is 5.07. The molecule has 0 aliphatic heterocycles. The first-order chi connectivity index (χ1) is 7.63. The van der Waals surface area contributed by atoms with E-state index in [1.54, 1.807) is 7.11 Å². The predicted molar refractivity (Wildman–Crippen MR) is 64.2 cm³/mol. The Morgan fingerprint density at radius 2 is 2.25 bits per heavy atom. The van der Waals surface area contributed by atoms with Gasteiger partial charge in [0.1, 0.15) is 5.54 Å². The third-order valence-electron chi connectivity index (χ3n) is 2.95. The molecule has 0 aromatic heterocycles. The minimum Gasteiger partial charge on any atom is -0.383 e. The largest absolute Gasteiger partial charge is 0.383 e. The number of hydrogen-bond acceptors (Lipinski definition) is 4. The molecule has 1 aliphatic rings. The third kappa shape index (κ3) is 4.48. The lowest BCUT2D eigenvalue weighted by atomic mass is 10.0. The second kappa shape index (κ2) is 6.19. The van der Waals surface area contributed by atoms with Gasteiger partial charge >= 0.3 is 0 Å². The summed E-state index contributed by atoms with van der Waals surface area (Å²) in [4.78, 5) is 2.25. The summed E-state index contributed by atoms with van der Waals surface area (Å²) in [5.74, 6) is 0. The van der Waals surface area contributed by atoms with Crippen LogP contribution in [-0.4, -0.2) is 49.8 Å². The fourth-order valence-corrected chi connectivity index (χ4v) is 1.81. The van der Waals surface area contributed by atoms with Crippen molar-refractivity contribution in [3.8, 4) is 6.07 Å². The normalized spacial score (nSPS) is 19.4. The topological polar surface area (TPSA) is 48.3 Å². The summed E-state index contributed by atoms with van der Waals surface area (Å²) in [6.07, 6.45) is 2.42. The van der Waals surface area contributed by atoms with Crippen molar-refractivity contribution in [2.45, 2.75) is 38.3 Å². The van der Waals surface area contributed by atoms with Crippen LogP contribution in [0.25, 0.3) is 0 Å². The van der Waals surface area contributed by atoms with Crippen molar-refractivity contribution in [2.75, 3.05) is 33.4 Å². The molecule has 0 amide bonds. The average molecular weight is 225 g/mol. The predicted octanol–water partition coefficient (Wildman–Crippen LogP) is 0.989. The molecule has 0 aromatic rings. The highest BCUT2D eigenvalue weighted by molar-refractivity contribution is 5.08. The smallest absolute Gasteiger partial charge is 0.116 e. The zero-order valence-corrected chi connectivity index (χ0v) is 10.6. The molecule has 0 aromatic carbocycles. The number of rotatable bonds is 8. The molecule has 1 fully saturated rings. The Morgan fingerprint density at radius 3 is 2.69 bits per heavy atom. The monoisotopic (exact) mass is 225 g/mol. The Labute approximate surface area is 98.6 Å². The van der Waals surface area contributed by atoms with Gasteiger partial charge in [-0.3, -0.25) is 10.2 Å². The number of nitrogens with zero attached hydrogens (tertiary/aromatic N) is 2. The number of hydrogen-bond donors (Lipinski definition) is 1. The average Bonchev–Trinajstić information content (AvgIpc) is 3.08. The Bertz CT molecular complexity index is 247. The van der Waals surface area contributed by atoms with Crippen LogP contribution in [0.3, 0.4) is 0 Å². The van der Waals surface area contributed by atoms with Crippen molar-refractivity contribution in [2.24, 2.45) is 0 Å². The number of nitriles is 1. The maximum atomic E-state index is 9.26. The summed E-state index contributed by atoms with van der Waals surface area (Å²) in [6.45, 7) is 7.42. The van der Waals surface area contributed by atoms with Crippen LogP contribution in [0.5, 0.6) is 0 Å². The molecule has 1 atom stereocenters. The lowest BCUT2D eigenvalue weighted by Gasteiger charge is -2.30. The van der Waals surface area contributed by atoms with Crippen LogP contribution in [0.2, 0.25) is 0 Å². The summed E-state index contributed by atoms with van der Waals surface area (Å²) in [7, 11) is 1.71. The van der Waals surface area contributed by atoms with E-state index in [0.29, 0.717) is 6.04 Å². The van der Waals surface area contributed by atoms with Gasteiger partial charge < -0.3 is 4.74 Å². The van der Waals surface area contributed by atoms with Gasteiger partial charge in [0.05, 0.1) is 12.7 Å². The highest BCUT2D eigenvalue weighted by Gasteiger charge is 2.33. The molecule has 1 saturated carbocycles. The quantitative estimate of drug-likeness (QED) is 0.669. The van der Waals surface area contributed by atoms with E-state index in [9.17, 15) is 5.26 Å². The van der Waals surface area contributed by atoms with E-state index in [-0.39, 0.29) is 0 Å². The molecule has 0 radical (unpaired) electrons. The van der Waals surface area contributed by atoms with Gasteiger partial charge in [-0.25, -0.2) is 0 Å². The molecular formula is C12H23N3O. The molecule has 4 heteroatoms. The summed E-state index contributed by atoms with van der Waals surface area (Å²) in [5, 5.41) is 12.7. The molecule has 92 valence electrons. The van der Waals surface area contributed by atoms with E-state index < -0.39 is 5.54 Å². The van der Waals surface area contributed by atoms with Crippen molar-refractivity contribution in [3.05, 3.63) is 0 Å². The molecule has 0 saturated heterocycles. The van der Waals surface area contributed by atoms with Gasteiger partial charge in [0.2, 0.25) is 0 Å². The van der Waals surface area contributed by atoms with Gasteiger partial charge in [0.25, 0.3) is 0 Å². The van der Waals surface area contributed by atoms with Crippen LogP contribution in [0.4, 0.5) is 0 Å². The molecule has 0 spiro atoms. The Balaban J connectivity index is 2.41. The Kier molecular flexibility index (Phi) is 5.20. The maximum absolute atomic E-state index is 9.26. The van der Waals surface area contributed by atoms with Crippen molar-refractivity contribution < 1.29 is 4.74 Å². The van der Waals surface area contributed by atoms with Crippen LogP contribution in [0, 0.1) is 11.3 Å². The first kappa shape index (κ1) is 13.4. The van der Waals surface area contributed by atoms with E-state index in [2.05, 4.69) is 23.2 Å². The Hall–Kier alpha value is -0.630. The number of methoxy groups -OCH3 is 1. The Morgan fingerprint density at radius 1 is 1.56 bits per heavy atom. The van der Waals surface area contributed by atoms with Gasteiger partial charge in [-0.15, -0.1) is 0 Å². The lowest BCUT2D eigenvalue weighted by molar-refractivity contribution is 0.137. The van der Waals surface area contributed by atoms with Gasteiger partial charge in [0, 0.05) is 26.2 Å². The minimum atomic E-state index is -0.426. The molecule has 16 heavy (non-hydrogen) atoms. The first-order valence-corrected chi connectivity index (χ1v) is 6.04. The van der Waals surface area contributed by atoms with Crippen LogP contribution in [0.15, 0.2) is 0 Å². The highest BCUT2D eigenvalue weighted by Crippen LogP contribution is 2.22. The maximum Gasteiger partial charge on any atom is 0.116 e. The zero-order chi connectivity index (χ0) is 12.0. The standard InChI is InChI=1S/C12H23N3O/c1-4-15(7-8-16-3)10-12(2,9-13)14-11-5-6-11/h11,14H,4-8,10H2,1-3H3. The van der Waals surface area contributed by atoms with Crippen molar-refractivity contribution in [1.82, 2.24) is 10.2 Å². The molecule has 1 unspecified atom stereocenters. The van der Waals surface area contributed by atoms with Crippen molar-refractivity contribution in [1.29, 1.82) is 5.26 Å². The van der Waals surface area contributed by atoms with E-state index in [1.165, 1.54) is 12.8 Å². The van der Waals surface area contributed by atoms with Crippen LogP contribution in [0.1, 0.15) is 26.7 Å². The first-order valence-electron chi connectivity index (χ1n) is 6.04. The summed E-state index contributed by atoms with van der Waals surface area (Å²) in [5.41, 5.74) is -0.426. The molecular weight excluding hydrogens is 202 g/mol. The van der Waals surface area contributed by atoms with Crippen LogP contribution >= 0.6 is 0 Å². The van der Waals surface area contributed by atoms with Gasteiger partial charge in [-0.1, -0.05) is 6.92 Å². The SMILES string of the molecule is CCN(CCOC)CC(C)(C#N)NC1CC1. The molecule has 1 N–H and O–H groups in total. The molecule has 4 nitrogen and oxygen atoms in total. The summed E-state index contributed by atoms with van der Waals surface area (Å²) >= 11 is 0. The fourth-order valence-electron chi connectivity index (χ4n) is 1.81. The molecule has 1 rings (SSSR count). The highest BCUT2D eigenvalue weighted by atomic mass is 16.5. The van der Waals surface area contributed by atoms with Crippen molar-refractivity contribution >= 4 is 0 Å². The second-order valence-corrected chi connectivity index (χ2v) is 4.72. The van der Waals surface area contributed by atoms with E-state index in [4.69, 9.17) is 4.74 Å². The van der Waals surface area contributed by atoms with Crippen LogP contribution < -0.4 is 5.32 Å². The zero-order valence-electron chi connectivity index (χ0n) is 10.6. The van der Waals surface area contributed by atoms with Gasteiger partial charge in [-0.2, -0.15) is 5.26 Å².